The minimum atomic E-state index is 0.576. The monoisotopic (exact) mass is 440 g/mol. The minimum Gasteiger partial charge on any atom is -0.497 e. The maximum atomic E-state index is 6.11. The first-order chi connectivity index (χ1) is 16.2. The first kappa shape index (κ1) is 22.3. The van der Waals surface area contributed by atoms with Crippen LogP contribution in [0.5, 0.6) is 23.0 Å². The van der Waals surface area contributed by atoms with Crippen molar-refractivity contribution in [2.24, 2.45) is 0 Å². The van der Waals surface area contributed by atoms with Crippen molar-refractivity contribution < 1.29 is 18.9 Å². The van der Waals surface area contributed by atoms with E-state index in [2.05, 4.69) is 48.5 Å². The molecule has 0 fully saturated rings. The van der Waals surface area contributed by atoms with Crippen molar-refractivity contribution in [3.05, 3.63) is 84.9 Å². The van der Waals surface area contributed by atoms with Crippen LogP contribution < -0.4 is 18.9 Å². The molecule has 168 valence electrons. The Balaban J connectivity index is 2.01. The van der Waals surface area contributed by atoms with Crippen LogP contribution in [0.1, 0.15) is 6.92 Å². The lowest BCUT2D eigenvalue weighted by atomic mass is 9.87. The molecule has 0 aliphatic heterocycles. The Morgan fingerprint density at radius 2 is 0.909 bits per heavy atom. The SMILES string of the molecule is CCOc1ccc(-c2ccc(OC)cc2)c(-c2ccc(OC)cc2)c1-c1ccc(OC)cc1. The van der Waals surface area contributed by atoms with E-state index in [1.807, 2.05) is 43.3 Å². The number of benzene rings is 4. The Labute approximate surface area is 195 Å². The molecule has 4 heteroatoms. The molecule has 0 unspecified atom stereocenters. The normalized spacial score (nSPS) is 10.5. The third kappa shape index (κ3) is 4.65. The summed E-state index contributed by atoms with van der Waals surface area (Å²) in [4.78, 5) is 0. The molecule has 0 atom stereocenters. The van der Waals surface area contributed by atoms with Crippen molar-refractivity contribution in [1.29, 1.82) is 0 Å². The van der Waals surface area contributed by atoms with E-state index in [0.29, 0.717) is 6.61 Å². The van der Waals surface area contributed by atoms with E-state index in [4.69, 9.17) is 18.9 Å². The average Bonchev–Trinajstić information content (AvgIpc) is 2.89. The topological polar surface area (TPSA) is 36.9 Å². The first-order valence-corrected chi connectivity index (χ1v) is 10.9. The summed E-state index contributed by atoms with van der Waals surface area (Å²) in [5, 5.41) is 0. The number of hydrogen-bond donors (Lipinski definition) is 0. The summed E-state index contributed by atoms with van der Waals surface area (Å²) in [7, 11) is 5.03. The van der Waals surface area contributed by atoms with Gasteiger partial charge >= 0.3 is 0 Å². The van der Waals surface area contributed by atoms with Crippen molar-refractivity contribution >= 4 is 0 Å². The van der Waals surface area contributed by atoms with Crippen LogP contribution >= 0.6 is 0 Å². The molecule has 33 heavy (non-hydrogen) atoms. The fourth-order valence-corrected chi connectivity index (χ4v) is 3.97. The second kappa shape index (κ2) is 10.1. The highest BCUT2D eigenvalue weighted by Gasteiger charge is 2.19. The van der Waals surface area contributed by atoms with Crippen molar-refractivity contribution in [2.75, 3.05) is 27.9 Å². The Morgan fingerprint density at radius 1 is 0.485 bits per heavy atom. The summed E-state index contributed by atoms with van der Waals surface area (Å²) in [5.74, 6) is 3.29. The molecule has 0 bridgehead atoms. The Hall–Kier alpha value is -3.92. The molecule has 4 rings (SSSR count). The standard InChI is InChI=1S/C29H28O4/c1-5-33-27-19-18-26(20-6-12-23(30-2)13-7-20)28(21-8-14-24(31-3)15-9-21)29(27)22-10-16-25(32-4)17-11-22/h6-19H,5H2,1-4H3. The summed E-state index contributed by atoms with van der Waals surface area (Å²) in [6.07, 6.45) is 0. The molecule has 0 aromatic heterocycles. The maximum Gasteiger partial charge on any atom is 0.127 e. The molecule has 0 spiro atoms. The zero-order valence-corrected chi connectivity index (χ0v) is 19.4. The Kier molecular flexibility index (Phi) is 6.84. The molecule has 0 amide bonds. The molecule has 4 aromatic rings. The van der Waals surface area contributed by atoms with E-state index in [0.717, 1.165) is 56.4 Å². The largest absolute Gasteiger partial charge is 0.497 e. The van der Waals surface area contributed by atoms with E-state index >= 15 is 0 Å². The van der Waals surface area contributed by atoms with E-state index in [1.165, 1.54) is 0 Å². The highest BCUT2D eigenvalue weighted by Crippen LogP contribution is 2.46. The van der Waals surface area contributed by atoms with Gasteiger partial charge in [-0.1, -0.05) is 42.5 Å². The van der Waals surface area contributed by atoms with Gasteiger partial charge in [-0.2, -0.15) is 0 Å². The van der Waals surface area contributed by atoms with Gasteiger partial charge in [-0.25, -0.2) is 0 Å². The lowest BCUT2D eigenvalue weighted by Crippen LogP contribution is -1.98. The fourth-order valence-electron chi connectivity index (χ4n) is 3.97. The molecule has 0 aliphatic rings. The highest BCUT2D eigenvalue weighted by molar-refractivity contribution is 5.97. The van der Waals surface area contributed by atoms with Gasteiger partial charge in [-0.05, 0) is 71.6 Å². The molecule has 0 saturated carbocycles. The van der Waals surface area contributed by atoms with Crippen molar-refractivity contribution in [2.45, 2.75) is 6.92 Å². The van der Waals surface area contributed by atoms with Gasteiger partial charge in [0, 0.05) is 11.1 Å². The summed E-state index contributed by atoms with van der Waals surface area (Å²) in [5.41, 5.74) is 6.47. The van der Waals surface area contributed by atoms with Gasteiger partial charge in [0.05, 0.1) is 27.9 Å². The van der Waals surface area contributed by atoms with E-state index in [1.54, 1.807) is 21.3 Å². The van der Waals surface area contributed by atoms with Crippen molar-refractivity contribution in [3.8, 4) is 56.4 Å². The zero-order valence-electron chi connectivity index (χ0n) is 19.4. The second-order valence-electron chi connectivity index (χ2n) is 7.48. The predicted molar refractivity (Wildman–Crippen MR) is 134 cm³/mol. The Bertz CT molecular complexity index is 1190. The number of ether oxygens (including phenoxy) is 4. The molecular weight excluding hydrogens is 412 g/mol. The fraction of sp³-hybridized carbons (Fsp3) is 0.172. The summed E-state index contributed by atoms with van der Waals surface area (Å²) < 4.78 is 22.2. The zero-order chi connectivity index (χ0) is 23.2. The smallest absolute Gasteiger partial charge is 0.127 e. The quantitative estimate of drug-likeness (QED) is 0.292. The summed E-state index contributed by atoms with van der Waals surface area (Å²) >= 11 is 0. The minimum absolute atomic E-state index is 0.576. The van der Waals surface area contributed by atoms with Crippen molar-refractivity contribution in [3.63, 3.8) is 0 Å². The van der Waals surface area contributed by atoms with Gasteiger partial charge in [0.25, 0.3) is 0 Å². The van der Waals surface area contributed by atoms with E-state index in [-0.39, 0.29) is 0 Å². The van der Waals surface area contributed by atoms with E-state index in [9.17, 15) is 0 Å². The lowest BCUT2D eigenvalue weighted by Gasteiger charge is -2.20. The third-order valence-corrected chi connectivity index (χ3v) is 5.63. The second-order valence-corrected chi connectivity index (χ2v) is 7.48. The van der Waals surface area contributed by atoms with Crippen LogP contribution in [-0.2, 0) is 0 Å². The van der Waals surface area contributed by atoms with Gasteiger partial charge < -0.3 is 18.9 Å². The Morgan fingerprint density at radius 3 is 1.33 bits per heavy atom. The average molecular weight is 441 g/mol. The van der Waals surface area contributed by atoms with Gasteiger partial charge in [0.15, 0.2) is 0 Å². The van der Waals surface area contributed by atoms with Gasteiger partial charge in [-0.15, -0.1) is 0 Å². The van der Waals surface area contributed by atoms with Crippen LogP contribution in [0.15, 0.2) is 84.9 Å². The van der Waals surface area contributed by atoms with Crippen LogP contribution in [0.3, 0.4) is 0 Å². The predicted octanol–water partition coefficient (Wildman–Crippen LogP) is 7.11. The van der Waals surface area contributed by atoms with Crippen molar-refractivity contribution in [1.82, 2.24) is 0 Å². The van der Waals surface area contributed by atoms with Gasteiger partial charge in [0.2, 0.25) is 0 Å². The third-order valence-electron chi connectivity index (χ3n) is 5.63. The molecule has 0 aliphatic carbocycles. The van der Waals surface area contributed by atoms with Crippen LogP contribution in [0, 0.1) is 0 Å². The molecule has 4 aromatic carbocycles. The van der Waals surface area contributed by atoms with Gasteiger partial charge in [0.1, 0.15) is 23.0 Å². The van der Waals surface area contributed by atoms with E-state index < -0.39 is 0 Å². The summed E-state index contributed by atoms with van der Waals surface area (Å²) in [6, 6.07) is 28.5. The molecule has 0 saturated heterocycles. The lowest BCUT2D eigenvalue weighted by molar-refractivity contribution is 0.342. The van der Waals surface area contributed by atoms with Crippen LogP contribution in [-0.4, -0.2) is 27.9 Å². The highest BCUT2D eigenvalue weighted by atomic mass is 16.5. The van der Waals surface area contributed by atoms with Gasteiger partial charge in [-0.3, -0.25) is 0 Å². The number of hydrogen-bond acceptors (Lipinski definition) is 4. The molecule has 0 heterocycles. The number of methoxy groups -OCH3 is 3. The first-order valence-electron chi connectivity index (χ1n) is 10.9. The van der Waals surface area contributed by atoms with Crippen LogP contribution in [0.2, 0.25) is 0 Å². The van der Waals surface area contributed by atoms with Crippen LogP contribution in [0.25, 0.3) is 33.4 Å². The van der Waals surface area contributed by atoms with Crippen LogP contribution in [0.4, 0.5) is 0 Å². The number of rotatable bonds is 8. The molecule has 0 radical (unpaired) electrons. The maximum absolute atomic E-state index is 6.11. The molecule has 4 nitrogen and oxygen atoms in total. The summed E-state index contributed by atoms with van der Waals surface area (Å²) in [6.45, 7) is 2.58. The molecular formula is C29H28O4. The molecule has 0 N–H and O–H groups in total.